The van der Waals surface area contributed by atoms with Gasteiger partial charge in [-0.05, 0) is 23.6 Å². The van der Waals surface area contributed by atoms with Crippen LogP contribution in [-0.2, 0) is 0 Å². The molecule has 1 fully saturated rings. The lowest BCUT2D eigenvalue weighted by molar-refractivity contribution is 0.0952. The maximum atomic E-state index is 12.2. The van der Waals surface area contributed by atoms with Crippen LogP contribution in [0.5, 0.6) is 0 Å². The molecule has 2 aromatic rings. The van der Waals surface area contributed by atoms with Gasteiger partial charge < -0.3 is 5.32 Å². The number of halogens is 1. The molecule has 3 rings (SSSR count). The van der Waals surface area contributed by atoms with Crippen molar-refractivity contribution in [2.45, 2.75) is 13.3 Å². The molecule has 0 aliphatic heterocycles. The van der Waals surface area contributed by atoms with Crippen LogP contribution in [0.25, 0.3) is 10.8 Å². The molecule has 1 amide bonds. The van der Waals surface area contributed by atoms with Gasteiger partial charge in [-0.1, -0.05) is 42.8 Å². The first-order valence-electron chi connectivity index (χ1n) is 6.48. The normalized spacial score (nSPS) is 21.4. The van der Waals surface area contributed by atoms with E-state index in [4.69, 9.17) is 11.6 Å². The number of hydrogen-bond donors (Lipinski definition) is 1. The molecule has 1 N–H and O–H groups in total. The Morgan fingerprint density at radius 2 is 2.11 bits per heavy atom. The number of benzene rings is 1. The van der Waals surface area contributed by atoms with Gasteiger partial charge in [-0.15, -0.1) is 0 Å². The summed E-state index contributed by atoms with van der Waals surface area (Å²) in [6.45, 7) is 2.95. The van der Waals surface area contributed by atoms with Crippen molar-refractivity contribution < 1.29 is 4.79 Å². The molecule has 1 saturated carbocycles. The lowest BCUT2D eigenvalue weighted by atomic mass is 10.1. The zero-order chi connectivity index (χ0) is 13.4. The monoisotopic (exact) mass is 274 g/mol. The van der Waals surface area contributed by atoms with E-state index in [1.165, 1.54) is 6.42 Å². The van der Waals surface area contributed by atoms with Gasteiger partial charge in [-0.3, -0.25) is 4.79 Å². The maximum absolute atomic E-state index is 12.2. The van der Waals surface area contributed by atoms with Gasteiger partial charge in [0.05, 0.1) is 5.56 Å². The van der Waals surface area contributed by atoms with Crippen molar-refractivity contribution >= 4 is 28.3 Å². The number of carbonyl (C=O) groups excluding carboxylic acids is 1. The first-order valence-corrected chi connectivity index (χ1v) is 6.86. The van der Waals surface area contributed by atoms with Crippen molar-refractivity contribution in [1.82, 2.24) is 10.3 Å². The second-order valence-electron chi connectivity index (χ2n) is 5.19. The van der Waals surface area contributed by atoms with E-state index in [0.29, 0.717) is 16.6 Å². The number of rotatable bonds is 3. The zero-order valence-electron chi connectivity index (χ0n) is 10.7. The molecule has 1 aliphatic carbocycles. The standard InChI is InChI=1S/C15H15ClN2O/c1-9-6-10(9)7-18-15(19)13-8-17-14(16)12-5-3-2-4-11(12)13/h2-5,8-10H,6-7H2,1H3,(H,18,19). The average Bonchev–Trinajstić information content (AvgIpc) is 3.13. The van der Waals surface area contributed by atoms with Gasteiger partial charge >= 0.3 is 0 Å². The molecule has 0 spiro atoms. The molecule has 1 heterocycles. The number of aromatic nitrogens is 1. The Morgan fingerprint density at radius 1 is 1.42 bits per heavy atom. The summed E-state index contributed by atoms with van der Waals surface area (Å²) >= 11 is 6.05. The molecule has 4 heteroatoms. The van der Waals surface area contributed by atoms with Gasteiger partial charge in [0.25, 0.3) is 5.91 Å². The third-order valence-electron chi connectivity index (χ3n) is 3.79. The summed E-state index contributed by atoms with van der Waals surface area (Å²) in [5.41, 5.74) is 0.591. The smallest absolute Gasteiger partial charge is 0.253 e. The van der Waals surface area contributed by atoms with Gasteiger partial charge in [0.2, 0.25) is 0 Å². The Balaban J connectivity index is 1.87. The van der Waals surface area contributed by atoms with Crippen molar-refractivity contribution in [2.75, 3.05) is 6.54 Å². The van der Waals surface area contributed by atoms with E-state index in [0.717, 1.165) is 23.2 Å². The molecule has 1 aromatic heterocycles. The zero-order valence-corrected chi connectivity index (χ0v) is 11.4. The van der Waals surface area contributed by atoms with E-state index in [9.17, 15) is 4.79 Å². The highest BCUT2D eigenvalue weighted by Gasteiger charge is 2.32. The Hall–Kier alpha value is -1.61. The van der Waals surface area contributed by atoms with Crippen LogP contribution < -0.4 is 5.32 Å². The first-order chi connectivity index (χ1) is 9.16. The summed E-state index contributed by atoms with van der Waals surface area (Å²) in [6, 6.07) is 7.57. The molecule has 19 heavy (non-hydrogen) atoms. The van der Waals surface area contributed by atoms with Gasteiger partial charge in [0.1, 0.15) is 5.15 Å². The van der Waals surface area contributed by atoms with Gasteiger partial charge in [-0.2, -0.15) is 0 Å². The topological polar surface area (TPSA) is 42.0 Å². The summed E-state index contributed by atoms with van der Waals surface area (Å²) in [4.78, 5) is 16.3. The third kappa shape index (κ3) is 2.43. The highest BCUT2D eigenvalue weighted by Crippen LogP contribution is 2.36. The molecule has 2 unspecified atom stereocenters. The largest absolute Gasteiger partial charge is 0.352 e. The molecule has 0 radical (unpaired) electrons. The van der Waals surface area contributed by atoms with Gasteiger partial charge in [0.15, 0.2) is 0 Å². The fourth-order valence-corrected chi connectivity index (χ4v) is 2.56. The van der Waals surface area contributed by atoms with E-state index in [1.54, 1.807) is 6.20 Å². The maximum Gasteiger partial charge on any atom is 0.253 e. The molecule has 1 aromatic carbocycles. The quantitative estimate of drug-likeness (QED) is 0.873. The highest BCUT2D eigenvalue weighted by atomic mass is 35.5. The van der Waals surface area contributed by atoms with Crippen molar-refractivity contribution in [2.24, 2.45) is 11.8 Å². The van der Waals surface area contributed by atoms with Crippen molar-refractivity contribution in [1.29, 1.82) is 0 Å². The summed E-state index contributed by atoms with van der Waals surface area (Å²) in [6.07, 6.45) is 2.76. The van der Waals surface area contributed by atoms with E-state index in [-0.39, 0.29) is 5.91 Å². The summed E-state index contributed by atoms with van der Waals surface area (Å²) < 4.78 is 0. The number of fused-ring (bicyclic) bond motifs is 1. The number of amides is 1. The Kier molecular flexibility index (Phi) is 3.15. The van der Waals surface area contributed by atoms with Crippen LogP contribution in [0.1, 0.15) is 23.7 Å². The van der Waals surface area contributed by atoms with E-state index >= 15 is 0 Å². The lowest BCUT2D eigenvalue weighted by Gasteiger charge is -2.08. The first kappa shape index (κ1) is 12.4. The van der Waals surface area contributed by atoms with Crippen LogP contribution in [0.3, 0.4) is 0 Å². The predicted molar refractivity (Wildman–Crippen MR) is 76.4 cm³/mol. The lowest BCUT2D eigenvalue weighted by Crippen LogP contribution is -2.26. The second kappa shape index (κ2) is 4.82. The minimum absolute atomic E-state index is 0.0699. The SMILES string of the molecule is CC1CC1CNC(=O)c1cnc(Cl)c2ccccc12. The van der Waals surface area contributed by atoms with Crippen molar-refractivity contribution in [3.63, 3.8) is 0 Å². The Labute approximate surface area is 117 Å². The molecule has 3 nitrogen and oxygen atoms in total. The highest BCUT2D eigenvalue weighted by molar-refractivity contribution is 6.34. The number of hydrogen-bond acceptors (Lipinski definition) is 2. The molecule has 98 valence electrons. The summed E-state index contributed by atoms with van der Waals surface area (Å²) in [7, 11) is 0. The predicted octanol–water partition coefficient (Wildman–Crippen LogP) is 3.27. The fourth-order valence-electron chi connectivity index (χ4n) is 2.34. The Bertz CT molecular complexity index is 641. The van der Waals surface area contributed by atoms with Crippen molar-refractivity contribution in [3.05, 3.63) is 41.2 Å². The van der Waals surface area contributed by atoms with Crippen LogP contribution in [-0.4, -0.2) is 17.4 Å². The summed E-state index contributed by atoms with van der Waals surface area (Å²) in [5, 5.41) is 5.08. The van der Waals surface area contributed by atoms with Crippen LogP contribution in [0.15, 0.2) is 30.5 Å². The number of nitrogens with one attached hydrogen (secondary N) is 1. The second-order valence-corrected chi connectivity index (χ2v) is 5.55. The van der Waals surface area contributed by atoms with E-state index < -0.39 is 0 Å². The molecular formula is C15H15ClN2O. The molecule has 0 bridgehead atoms. The number of pyridine rings is 1. The van der Waals surface area contributed by atoms with Crippen LogP contribution >= 0.6 is 11.6 Å². The number of nitrogens with zero attached hydrogens (tertiary/aromatic N) is 1. The minimum Gasteiger partial charge on any atom is -0.352 e. The van der Waals surface area contributed by atoms with Crippen LogP contribution in [0.2, 0.25) is 5.15 Å². The van der Waals surface area contributed by atoms with Crippen LogP contribution in [0.4, 0.5) is 0 Å². The van der Waals surface area contributed by atoms with Gasteiger partial charge in [-0.25, -0.2) is 4.98 Å². The van der Waals surface area contributed by atoms with E-state index in [1.807, 2.05) is 24.3 Å². The Morgan fingerprint density at radius 3 is 2.79 bits per heavy atom. The molecular weight excluding hydrogens is 260 g/mol. The average molecular weight is 275 g/mol. The fraction of sp³-hybridized carbons (Fsp3) is 0.333. The summed E-state index contributed by atoms with van der Waals surface area (Å²) in [5.74, 6) is 1.30. The molecule has 2 atom stereocenters. The molecule has 1 aliphatic rings. The minimum atomic E-state index is -0.0699. The number of carbonyl (C=O) groups is 1. The van der Waals surface area contributed by atoms with E-state index in [2.05, 4.69) is 17.2 Å². The molecule has 0 saturated heterocycles. The van der Waals surface area contributed by atoms with Gasteiger partial charge in [0, 0.05) is 18.1 Å². The van der Waals surface area contributed by atoms with Crippen LogP contribution in [0, 0.1) is 11.8 Å². The third-order valence-corrected chi connectivity index (χ3v) is 4.09. The van der Waals surface area contributed by atoms with Crippen molar-refractivity contribution in [3.8, 4) is 0 Å².